The number of allylic oxidation sites excluding steroid dienone is 8. The van der Waals surface area contributed by atoms with Crippen LogP contribution in [0, 0.1) is 0 Å². The standard InChI is InChI=1S/C71H62O2.C69H62S2/c1-3-5-7-27-45-71(46-28-8-6-4-2)59-47-55(63-61(49-29-15-9-16-30-49)65(51-33-19-11-20-34-51)69(72)67(63)53-37-23-13-24-38-53)41-43-57(59)58-44-42-56(48-60(58)71)64-62(50-31-17-10-18-32-50)66(52-35-21-12-22-36-52)70(73)68(64)54-39-25-14-26-40-54;1-3-5-7-27-45-69(46-28-8-6-4-2)59-47-55(63-61(49-29-15-9-16-30-49)65(51-33-19-11-20-34-51)70-67(63)53-37-23-13-24-38-53)41-43-57(59)58-44-42-56(48-60(58)69)64-62(50-31-17-10-18-32-50)66(52-35-21-12-22-36-52)71-68(64)54-39-25-14-26-40-54/h9-26,29-44,47-48H,3-8,27-28,45-46H2,1-2H3;9-26,29-44,47-48H,3-8,27-28,45-46H2,1-2H3. The first-order valence-corrected chi connectivity index (χ1v) is 54.5. The Hall–Kier alpha value is -14.8. The fourth-order valence-corrected chi connectivity index (χ4v) is 26.5. The van der Waals surface area contributed by atoms with Crippen molar-refractivity contribution < 1.29 is 9.59 Å². The number of Topliss-reactive ketones (excluding diaryl/α,β-unsaturated/α-hetero) is 2. The van der Waals surface area contributed by atoms with Crippen LogP contribution in [-0.4, -0.2) is 11.6 Å². The maximum Gasteiger partial charge on any atom is 0.195 e. The zero-order valence-corrected chi connectivity index (χ0v) is 85.0. The summed E-state index contributed by atoms with van der Waals surface area (Å²) in [5.41, 5.74) is 40.9. The number of hydrogen-bond donors (Lipinski definition) is 0. The van der Waals surface area contributed by atoms with E-state index in [1.807, 2.05) is 95.5 Å². The number of carbonyl (C=O) groups is 2. The van der Waals surface area contributed by atoms with Crippen LogP contribution < -0.4 is 0 Å². The van der Waals surface area contributed by atoms with E-state index in [0.717, 1.165) is 153 Å². The molecule has 4 heteroatoms. The monoisotopic (exact) mass is 1900 g/mol. The summed E-state index contributed by atoms with van der Waals surface area (Å²) in [4.78, 5) is 36.1. The molecule has 0 aliphatic heterocycles. The van der Waals surface area contributed by atoms with Crippen molar-refractivity contribution in [2.75, 3.05) is 0 Å². The Kier molecular flexibility index (Phi) is 29.1. The third kappa shape index (κ3) is 18.7. The lowest BCUT2D eigenvalue weighted by atomic mass is 9.69. The van der Waals surface area contributed by atoms with E-state index in [2.05, 4.69) is 392 Å². The molecule has 144 heavy (non-hydrogen) atoms. The largest absolute Gasteiger partial charge is 0.289 e. The fourth-order valence-electron chi connectivity index (χ4n) is 23.8. The molecule has 0 atom stereocenters. The van der Waals surface area contributed by atoms with E-state index in [1.54, 1.807) is 0 Å². The molecule has 0 unspecified atom stereocenters. The maximum absolute atomic E-state index is 15.4. The molecule has 708 valence electrons. The molecule has 22 rings (SSSR count). The average molecular weight is 1900 g/mol. The molecule has 0 amide bonds. The van der Waals surface area contributed by atoms with Crippen molar-refractivity contribution in [3.63, 3.8) is 0 Å². The first-order chi connectivity index (χ1) is 71.2. The molecule has 4 aliphatic rings. The normalized spacial score (nSPS) is 13.7. The molecule has 0 radical (unpaired) electrons. The Labute approximate surface area is 860 Å². The van der Waals surface area contributed by atoms with Crippen LogP contribution in [0.4, 0.5) is 0 Å². The van der Waals surface area contributed by atoms with Crippen molar-refractivity contribution in [1.82, 2.24) is 0 Å². The molecule has 2 heterocycles. The van der Waals surface area contributed by atoms with Gasteiger partial charge in [-0.3, -0.25) is 9.59 Å². The average Bonchev–Trinajstić information content (AvgIpc) is 1.55. The minimum Gasteiger partial charge on any atom is -0.289 e. The first kappa shape index (κ1) is 95.4. The zero-order chi connectivity index (χ0) is 97.7. The second kappa shape index (κ2) is 44.0. The fraction of sp³-hybridized carbons (Fsp3) is 0.186. The number of rotatable bonds is 36. The Bertz CT molecular complexity index is 7260. The summed E-state index contributed by atoms with van der Waals surface area (Å²) in [6.07, 6.45) is 23.4. The van der Waals surface area contributed by atoms with Crippen molar-refractivity contribution in [1.29, 1.82) is 0 Å². The summed E-state index contributed by atoms with van der Waals surface area (Å²) in [5.74, 6) is 0.103. The Morgan fingerprint density at radius 1 is 0.167 bits per heavy atom. The van der Waals surface area contributed by atoms with E-state index in [-0.39, 0.29) is 22.4 Å². The van der Waals surface area contributed by atoms with Gasteiger partial charge in [-0.05, 0) is 183 Å². The number of hydrogen-bond acceptors (Lipinski definition) is 4. The lowest BCUT2D eigenvalue weighted by Crippen LogP contribution is -2.26. The van der Waals surface area contributed by atoms with Gasteiger partial charge in [-0.2, -0.15) is 0 Å². The maximum atomic E-state index is 15.4. The predicted molar refractivity (Wildman–Crippen MR) is 616 cm³/mol. The molecular formula is C140H124O2S2. The van der Waals surface area contributed by atoms with Gasteiger partial charge in [-0.15, -0.1) is 22.7 Å². The van der Waals surface area contributed by atoms with Crippen LogP contribution >= 0.6 is 22.7 Å². The van der Waals surface area contributed by atoms with E-state index >= 15 is 9.59 Å². The van der Waals surface area contributed by atoms with Crippen LogP contribution in [0.3, 0.4) is 0 Å². The SMILES string of the molecule is CCCCCCC1(CCCCCC)c2cc(-c3c(-c4ccccc4)sc(-c4ccccc4)c3-c3ccccc3)ccc2-c2ccc(-c3c(-c4ccccc4)sc(-c4ccccc4)c3-c3ccccc3)cc21.CCCCCCC1(CCCCCC)c2cc(C3=C(c4ccccc4)C(=O)C(c4ccccc4)=C3c3ccccc3)ccc2-c2ccc(C3=C(c4ccccc4)C(=O)C(c4ccccc4)=C3c3ccccc3)cc21. The second-order valence-corrected chi connectivity index (χ2v) is 41.6. The molecule has 2 aromatic heterocycles. The van der Waals surface area contributed by atoms with Crippen molar-refractivity contribution in [3.05, 3.63) is 504 Å². The van der Waals surface area contributed by atoms with Crippen LogP contribution in [0.15, 0.2) is 437 Å². The van der Waals surface area contributed by atoms with Gasteiger partial charge in [0.1, 0.15) is 0 Å². The zero-order valence-electron chi connectivity index (χ0n) is 83.3. The van der Waals surface area contributed by atoms with E-state index in [1.165, 1.54) is 195 Å². The third-order valence-corrected chi connectivity index (χ3v) is 33.1. The molecule has 0 spiro atoms. The van der Waals surface area contributed by atoms with Gasteiger partial charge in [0.2, 0.25) is 0 Å². The first-order valence-electron chi connectivity index (χ1n) is 52.8. The van der Waals surface area contributed by atoms with Gasteiger partial charge in [0, 0.05) is 97.2 Å². The highest BCUT2D eigenvalue weighted by Gasteiger charge is 2.48. The van der Waals surface area contributed by atoms with Crippen molar-refractivity contribution >= 4 is 78.8 Å². The van der Waals surface area contributed by atoms with Gasteiger partial charge >= 0.3 is 0 Å². The smallest absolute Gasteiger partial charge is 0.195 e. The predicted octanol–water partition coefficient (Wildman–Crippen LogP) is 39.5. The molecule has 2 nitrogen and oxygen atoms in total. The lowest BCUT2D eigenvalue weighted by molar-refractivity contribution is -0.109. The number of unbranched alkanes of at least 4 members (excludes halogenated alkanes) is 12. The van der Waals surface area contributed by atoms with Gasteiger partial charge in [0.25, 0.3) is 0 Å². The quantitative estimate of drug-likeness (QED) is 0.0367. The summed E-state index contributed by atoms with van der Waals surface area (Å²) >= 11 is 3.88. The van der Waals surface area contributed by atoms with E-state index in [0.29, 0.717) is 0 Å². The highest BCUT2D eigenvalue weighted by atomic mass is 32.1. The van der Waals surface area contributed by atoms with Crippen molar-refractivity contribution in [3.8, 4) is 109 Å². The Balaban J connectivity index is 0.000000170. The number of benzene rings is 16. The molecule has 0 saturated heterocycles. The summed E-state index contributed by atoms with van der Waals surface area (Å²) in [6.45, 7) is 9.28. The molecule has 0 saturated carbocycles. The number of thiophene rings is 2. The minimum absolute atomic E-state index is 0.0517. The Morgan fingerprint density at radius 2 is 0.340 bits per heavy atom. The van der Waals surface area contributed by atoms with E-state index < -0.39 is 0 Å². The number of fused-ring (bicyclic) bond motifs is 6. The molecule has 0 bridgehead atoms. The molecule has 18 aromatic rings. The van der Waals surface area contributed by atoms with Crippen molar-refractivity contribution in [2.45, 2.75) is 167 Å². The second-order valence-electron chi connectivity index (χ2n) is 39.5. The number of carbonyl (C=O) groups excluding carboxylic acids is 2. The topological polar surface area (TPSA) is 34.1 Å². The van der Waals surface area contributed by atoms with Crippen LogP contribution in [0.25, 0.3) is 153 Å². The molecule has 0 fully saturated rings. The molecule has 0 N–H and O–H groups in total. The van der Waals surface area contributed by atoms with Crippen LogP contribution in [0.1, 0.15) is 223 Å². The summed E-state index contributed by atoms with van der Waals surface area (Å²) < 4.78 is 0. The highest BCUT2D eigenvalue weighted by Crippen LogP contribution is 2.63. The van der Waals surface area contributed by atoms with Gasteiger partial charge in [0.15, 0.2) is 11.6 Å². The van der Waals surface area contributed by atoms with Gasteiger partial charge in [-0.1, -0.05) is 543 Å². The highest BCUT2D eigenvalue weighted by molar-refractivity contribution is 7.20. The summed E-state index contributed by atoms with van der Waals surface area (Å²) in [6, 6.07) is 158. The van der Waals surface area contributed by atoms with Gasteiger partial charge in [0.05, 0.1) is 0 Å². The number of ketones is 2. The Morgan fingerprint density at radius 3 is 0.556 bits per heavy atom. The third-order valence-electron chi connectivity index (χ3n) is 30.6. The van der Waals surface area contributed by atoms with E-state index in [4.69, 9.17) is 0 Å². The van der Waals surface area contributed by atoms with Crippen LogP contribution in [-0.2, 0) is 20.4 Å². The minimum atomic E-state index is -0.317. The summed E-state index contributed by atoms with van der Waals surface area (Å²) in [5, 5.41) is 0. The lowest BCUT2D eigenvalue weighted by Gasteiger charge is -2.34. The van der Waals surface area contributed by atoms with E-state index in [9.17, 15) is 0 Å². The summed E-state index contributed by atoms with van der Waals surface area (Å²) in [7, 11) is 0. The van der Waals surface area contributed by atoms with Crippen molar-refractivity contribution in [2.24, 2.45) is 0 Å². The van der Waals surface area contributed by atoms with Crippen LogP contribution in [0.2, 0.25) is 0 Å². The molecular weight excluding hydrogens is 1780 g/mol. The molecule has 4 aliphatic carbocycles. The molecule has 16 aromatic carbocycles. The van der Waals surface area contributed by atoms with Gasteiger partial charge in [-0.25, -0.2) is 0 Å². The van der Waals surface area contributed by atoms with Gasteiger partial charge < -0.3 is 0 Å². The van der Waals surface area contributed by atoms with Crippen LogP contribution in [0.5, 0.6) is 0 Å².